The zero-order chi connectivity index (χ0) is 12.7. The van der Waals surface area contributed by atoms with Gasteiger partial charge in [-0.3, -0.25) is 0 Å². The van der Waals surface area contributed by atoms with E-state index < -0.39 is 0 Å². The third-order valence-electron chi connectivity index (χ3n) is 2.75. The molecule has 0 aliphatic carbocycles. The smallest absolute Gasteiger partial charge is 0.0637 e. The Labute approximate surface area is 109 Å². The van der Waals surface area contributed by atoms with Crippen LogP contribution in [0.5, 0.6) is 0 Å². The topological polar surface area (TPSA) is 38.5 Å². The molecule has 0 saturated heterocycles. The number of hydrogen-bond donors (Lipinski definition) is 1. The van der Waals surface area contributed by atoms with E-state index in [9.17, 15) is 0 Å². The maximum Gasteiger partial charge on any atom is 0.0637 e. The summed E-state index contributed by atoms with van der Waals surface area (Å²) in [4.78, 5) is 2.26. The predicted octanol–water partition coefficient (Wildman–Crippen LogP) is 2.31. The zero-order valence-electron chi connectivity index (χ0n) is 10.6. The summed E-state index contributed by atoms with van der Waals surface area (Å²) in [6, 6.07) is 5.98. The molecule has 0 bridgehead atoms. The van der Waals surface area contributed by atoms with Crippen molar-refractivity contribution in [3.05, 3.63) is 28.8 Å². The number of hydrogen-bond acceptors (Lipinski definition) is 3. The molecule has 96 valence electrons. The van der Waals surface area contributed by atoms with Crippen LogP contribution >= 0.6 is 11.6 Å². The Morgan fingerprint density at radius 2 is 2.18 bits per heavy atom. The van der Waals surface area contributed by atoms with E-state index in [1.807, 2.05) is 12.1 Å². The lowest BCUT2D eigenvalue weighted by atomic mass is 10.1. The fourth-order valence-electron chi connectivity index (χ4n) is 1.85. The number of methoxy groups -OCH3 is 1. The van der Waals surface area contributed by atoms with Gasteiger partial charge in [-0.1, -0.05) is 17.7 Å². The van der Waals surface area contributed by atoms with Crippen LogP contribution in [0.4, 0.5) is 5.69 Å². The molecule has 3 nitrogen and oxygen atoms in total. The highest BCUT2D eigenvalue weighted by molar-refractivity contribution is 6.30. The third kappa shape index (κ3) is 4.19. The van der Waals surface area contributed by atoms with Crippen molar-refractivity contribution in [2.75, 3.05) is 38.3 Å². The number of rotatable bonds is 7. The lowest BCUT2D eigenvalue weighted by molar-refractivity contribution is 0.205. The van der Waals surface area contributed by atoms with Gasteiger partial charge in [0.05, 0.1) is 6.61 Å². The molecule has 0 saturated carbocycles. The lowest BCUT2D eigenvalue weighted by Crippen LogP contribution is -2.28. The number of halogens is 1. The van der Waals surface area contributed by atoms with Gasteiger partial charge in [0.15, 0.2) is 0 Å². The van der Waals surface area contributed by atoms with E-state index in [-0.39, 0.29) is 0 Å². The minimum absolute atomic E-state index is 0.649. The molecule has 4 heteroatoms. The monoisotopic (exact) mass is 256 g/mol. The van der Waals surface area contributed by atoms with Gasteiger partial charge in [0.2, 0.25) is 0 Å². The summed E-state index contributed by atoms with van der Waals surface area (Å²) in [6.45, 7) is 5.29. The Morgan fingerprint density at radius 1 is 1.41 bits per heavy atom. The molecular weight excluding hydrogens is 236 g/mol. The molecule has 0 amide bonds. The maximum atomic E-state index is 6.06. The van der Waals surface area contributed by atoms with Gasteiger partial charge < -0.3 is 15.4 Å². The molecule has 0 fully saturated rings. The molecule has 0 unspecified atom stereocenters. The van der Waals surface area contributed by atoms with Crippen LogP contribution in [-0.2, 0) is 11.2 Å². The highest BCUT2D eigenvalue weighted by Crippen LogP contribution is 2.25. The van der Waals surface area contributed by atoms with Crippen LogP contribution in [0.15, 0.2) is 18.2 Å². The molecule has 1 aromatic carbocycles. The van der Waals surface area contributed by atoms with Gasteiger partial charge >= 0.3 is 0 Å². The van der Waals surface area contributed by atoms with Crippen LogP contribution in [-0.4, -0.2) is 33.4 Å². The molecule has 0 spiro atoms. The van der Waals surface area contributed by atoms with Crippen molar-refractivity contribution < 1.29 is 4.74 Å². The second-order valence-corrected chi connectivity index (χ2v) is 4.32. The second kappa shape index (κ2) is 7.54. The third-order valence-corrected chi connectivity index (χ3v) is 2.98. The molecule has 0 radical (unpaired) electrons. The first kappa shape index (κ1) is 14.3. The van der Waals surface area contributed by atoms with Crippen molar-refractivity contribution in [2.24, 2.45) is 5.73 Å². The van der Waals surface area contributed by atoms with E-state index in [4.69, 9.17) is 22.1 Å². The quantitative estimate of drug-likeness (QED) is 0.814. The zero-order valence-corrected chi connectivity index (χ0v) is 11.3. The van der Waals surface area contributed by atoms with Crippen LogP contribution in [0.3, 0.4) is 0 Å². The Morgan fingerprint density at radius 3 is 2.76 bits per heavy atom. The normalized spacial score (nSPS) is 10.6. The molecular formula is C13H21ClN2O. The Kier molecular flexibility index (Phi) is 6.34. The average Bonchev–Trinajstić information content (AvgIpc) is 2.33. The summed E-state index contributed by atoms with van der Waals surface area (Å²) in [5, 5.41) is 0.761. The van der Waals surface area contributed by atoms with Crippen LogP contribution in [0, 0.1) is 0 Å². The van der Waals surface area contributed by atoms with Crippen molar-refractivity contribution in [3.8, 4) is 0 Å². The van der Waals surface area contributed by atoms with Gasteiger partial charge in [-0.25, -0.2) is 0 Å². The molecule has 0 aromatic heterocycles. The highest BCUT2D eigenvalue weighted by atomic mass is 35.5. The summed E-state index contributed by atoms with van der Waals surface area (Å²) in [5.74, 6) is 0. The van der Waals surface area contributed by atoms with E-state index in [0.29, 0.717) is 13.2 Å². The Balaban J connectivity index is 2.93. The second-order valence-electron chi connectivity index (χ2n) is 3.88. The highest BCUT2D eigenvalue weighted by Gasteiger charge is 2.09. The molecule has 17 heavy (non-hydrogen) atoms. The minimum Gasteiger partial charge on any atom is -0.383 e. The number of likely N-dealkylation sites (N-methyl/N-ethyl adjacent to an activating group) is 1. The molecule has 0 aliphatic heterocycles. The summed E-state index contributed by atoms with van der Waals surface area (Å²) in [7, 11) is 1.71. The number of ether oxygens (including phenoxy) is 1. The largest absolute Gasteiger partial charge is 0.383 e. The van der Waals surface area contributed by atoms with Gasteiger partial charge in [0.1, 0.15) is 0 Å². The van der Waals surface area contributed by atoms with E-state index in [1.165, 1.54) is 11.3 Å². The van der Waals surface area contributed by atoms with Crippen molar-refractivity contribution in [2.45, 2.75) is 13.3 Å². The first-order chi connectivity index (χ1) is 8.22. The van der Waals surface area contributed by atoms with Crippen LogP contribution in [0.2, 0.25) is 5.02 Å². The summed E-state index contributed by atoms with van der Waals surface area (Å²) < 4.78 is 5.13. The fourth-order valence-corrected chi connectivity index (χ4v) is 2.02. The average molecular weight is 257 g/mol. The Hall–Kier alpha value is -0.770. The SMILES string of the molecule is CCN(CCOC)c1cc(Cl)ccc1CCN. The van der Waals surface area contributed by atoms with Crippen molar-refractivity contribution in [1.29, 1.82) is 0 Å². The summed E-state index contributed by atoms with van der Waals surface area (Å²) in [6.07, 6.45) is 0.871. The fraction of sp³-hybridized carbons (Fsp3) is 0.538. The van der Waals surface area contributed by atoms with Crippen LogP contribution in [0.25, 0.3) is 0 Å². The van der Waals surface area contributed by atoms with Crippen LogP contribution < -0.4 is 10.6 Å². The lowest BCUT2D eigenvalue weighted by Gasteiger charge is -2.25. The molecule has 2 N–H and O–H groups in total. The minimum atomic E-state index is 0.649. The van der Waals surface area contributed by atoms with E-state index in [1.54, 1.807) is 7.11 Å². The van der Waals surface area contributed by atoms with E-state index in [0.717, 1.165) is 24.5 Å². The number of nitrogens with two attached hydrogens (primary N) is 1. The Bertz CT molecular complexity index is 344. The molecule has 0 aliphatic rings. The maximum absolute atomic E-state index is 6.06. The van der Waals surface area contributed by atoms with Crippen LogP contribution in [0.1, 0.15) is 12.5 Å². The van der Waals surface area contributed by atoms with E-state index in [2.05, 4.69) is 17.9 Å². The first-order valence-electron chi connectivity index (χ1n) is 5.95. The van der Waals surface area contributed by atoms with E-state index >= 15 is 0 Å². The van der Waals surface area contributed by atoms with Gasteiger partial charge in [0, 0.05) is 30.9 Å². The molecule has 0 heterocycles. The molecule has 1 rings (SSSR count). The van der Waals surface area contributed by atoms with Gasteiger partial charge in [-0.05, 0) is 37.6 Å². The summed E-state index contributed by atoms with van der Waals surface area (Å²) in [5.41, 5.74) is 8.05. The molecule has 1 aromatic rings. The standard InChI is InChI=1S/C13H21ClN2O/c1-3-16(8-9-17-2)13-10-12(14)5-4-11(13)6-7-15/h4-5,10H,3,6-9,15H2,1-2H3. The number of anilines is 1. The van der Waals surface area contributed by atoms with Crippen molar-refractivity contribution in [3.63, 3.8) is 0 Å². The number of nitrogens with zero attached hydrogens (tertiary/aromatic N) is 1. The van der Waals surface area contributed by atoms with Gasteiger partial charge in [-0.15, -0.1) is 0 Å². The van der Waals surface area contributed by atoms with Crippen molar-refractivity contribution >= 4 is 17.3 Å². The number of benzene rings is 1. The predicted molar refractivity (Wildman–Crippen MR) is 74.0 cm³/mol. The van der Waals surface area contributed by atoms with Gasteiger partial charge in [-0.2, -0.15) is 0 Å². The first-order valence-corrected chi connectivity index (χ1v) is 6.33. The molecule has 0 atom stereocenters. The van der Waals surface area contributed by atoms with Crippen molar-refractivity contribution in [1.82, 2.24) is 0 Å². The van der Waals surface area contributed by atoms with Gasteiger partial charge in [0.25, 0.3) is 0 Å². The summed E-state index contributed by atoms with van der Waals surface area (Å²) >= 11 is 6.06.